The van der Waals surface area contributed by atoms with Crippen molar-refractivity contribution < 1.29 is 5.11 Å². The molecule has 0 amide bonds. The second-order valence-electron chi connectivity index (χ2n) is 4.32. The third kappa shape index (κ3) is 2.62. The summed E-state index contributed by atoms with van der Waals surface area (Å²) in [7, 11) is 0. The fourth-order valence-electron chi connectivity index (χ4n) is 1.73. The number of benzene rings is 1. The summed E-state index contributed by atoms with van der Waals surface area (Å²) in [4.78, 5) is 3.20. The van der Waals surface area contributed by atoms with Crippen molar-refractivity contribution in [2.24, 2.45) is 5.92 Å². The van der Waals surface area contributed by atoms with E-state index in [4.69, 9.17) is 5.11 Å². The van der Waals surface area contributed by atoms with Crippen LogP contribution < -0.4 is 5.32 Å². The summed E-state index contributed by atoms with van der Waals surface area (Å²) in [6.45, 7) is 3.96. The zero-order chi connectivity index (χ0) is 11.4. The van der Waals surface area contributed by atoms with Crippen LogP contribution in [-0.4, -0.2) is 23.2 Å². The van der Waals surface area contributed by atoms with Crippen LogP contribution in [0.15, 0.2) is 30.5 Å². The molecule has 0 aliphatic rings. The first-order valence-corrected chi connectivity index (χ1v) is 5.67. The van der Waals surface area contributed by atoms with E-state index in [0.717, 1.165) is 13.1 Å². The minimum absolute atomic E-state index is 0.239. The van der Waals surface area contributed by atoms with E-state index in [1.165, 1.54) is 16.5 Å². The molecule has 2 rings (SSSR count). The number of aliphatic hydroxyl groups is 1. The van der Waals surface area contributed by atoms with Crippen molar-refractivity contribution in [3.63, 3.8) is 0 Å². The number of nitrogens with one attached hydrogen (secondary N) is 2. The van der Waals surface area contributed by atoms with Gasteiger partial charge in [0, 0.05) is 31.4 Å². The molecule has 1 atom stereocenters. The molecule has 0 radical (unpaired) electrons. The monoisotopic (exact) mass is 218 g/mol. The van der Waals surface area contributed by atoms with Gasteiger partial charge < -0.3 is 15.4 Å². The zero-order valence-electron chi connectivity index (χ0n) is 9.53. The number of aromatic nitrogens is 1. The Morgan fingerprint density at radius 3 is 3.06 bits per heavy atom. The van der Waals surface area contributed by atoms with Gasteiger partial charge in [-0.3, -0.25) is 0 Å². The van der Waals surface area contributed by atoms with E-state index in [2.05, 4.69) is 34.6 Å². The third-order valence-corrected chi connectivity index (χ3v) is 2.75. The Balaban J connectivity index is 1.93. The number of hydrogen-bond donors (Lipinski definition) is 3. The molecule has 3 N–H and O–H groups in total. The maximum absolute atomic E-state index is 8.90. The first kappa shape index (κ1) is 11.2. The molecule has 3 nitrogen and oxygen atoms in total. The molecule has 0 bridgehead atoms. The highest BCUT2D eigenvalue weighted by Crippen LogP contribution is 2.13. The SMILES string of the molecule is CC(CO)CNCc1ccc2cc[nH]c2c1. The maximum Gasteiger partial charge on any atom is 0.0468 e. The quantitative estimate of drug-likeness (QED) is 0.717. The Morgan fingerprint density at radius 1 is 1.38 bits per heavy atom. The van der Waals surface area contributed by atoms with Crippen LogP contribution in [0.25, 0.3) is 10.9 Å². The summed E-state index contributed by atoms with van der Waals surface area (Å²) in [5.74, 6) is 0.314. The number of rotatable bonds is 5. The lowest BCUT2D eigenvalue weighted by Gasteiger charge is -2.09. The molecule has 0 spiro atoms. The van der Waals surface area contributed by atoms with Crippen molar-refractivity contribution in [3.8, 4) is 0 Å². The minimum atomic E-state index is 0.239. The summed E-state index contributed by atoms with van der Waals surface area (Å²) >= 11 is 0. The lowest BCUT2D eigenvalue weighted by atomic mass is 10.1. The van der Waals surface area contributed by atoms with E-state index in [0.29, 0.717) is 5.92 Å². The van der Waals surface area contributed by atoms with Gasteiger partial charge in [-0.15, -0.1) is 0 Å². The van der Waals surface area contributed by atoms with Crippen molar-refractivity contribution in [1.29, 1.82) is 0 Å². The van der Waals surface area contributed by atoms with Gasteiger partial charge in [0.2, 0.25) is 0 Å². The Hall–Kier alpha value is -1.32. The van der Waals surface area contributed by atoms with Crippen LogP contribution >= 0.6 is 0 Å². The fraction of sp³-hybridized carbons (Fsp3) is 0.385. The van der Waals surface area contributed by atoms with Gasteiger partial charge in [0.05, 0.1) is 0 Å². The van der Waals surface area contributed by atoms with Gasteiger partial charge in [-0.1, -0.05) is 19.1 Å². The van der Waals surface area contributed by atoms with E-state index in [1.807, 2.05) is 13.1 Å². The summed E-state index contributed by atoms with van der Waals surface area (Å²) in [5.41, 5.74) is 2.44. The summed E-state index contributed by atoms with van der Waals surface area (Å²) < 4.78 is 0. The van der Waals surface area contributed by atoms with Crippen molar-refractivity contribution in [1.82, 2.24) is 10.3 Å². The number of aliphatic hydroxyl groups excluding tert-OH is 1. The van der Waals surface area contributed by atoms with E-state index in [9.17, 15) is 0 Å². The van der Waals surface area contributed by atoms with Crippen LogP contribution in [0.2, 0.25) is 0 Å². The smallest absolute Gasteiger partial charge is 0.0468 e. The van der Waals surface area contributed by atoms with Crippen molar-refractivity contribution in [3.05, 3.63) is 36.0 Å². The van der Waals surface area contributed by atoms with Crippen LogP contribution in [0.5, 0.6) is 0 Å². The highest BCUT2D eigenvalue weighted by molar-refractivity contribution is 5.79. The minimum Gasteiger partial charge on any atom is -0.396 e. The molecule has 16 heavy (non-hydrogen) atoms. The van der Waals surface area contributed by atoms with Gasteiger partial charge in [-0.25, -0.2) is 0 Å². The van der Waals surface area contributed by atoms with Gasteiger partial charge in [0.15, 0.2) is 0 Å². The lowest BCUT2D eigenvalue weighted by molar-refractivity contribution is 0.233. The van der Waals surface area contributed by atoms with Crippen LogP contribution in [0, 0.1) is 5.92 Å². The highest BCUT2D eigenvalue weighted by atomic mass is 16.3. The largest absolute Gasteiger partial charge is 0.396 e. The molecule has 1 unspecified atom stereocenters. The number of fused-ring (bicyclic) bond motifs is 1. The van der Waals surface area contributed by atoms with Crippen LogP contribution in [0.4, 0.5) is 0 Å². The maximum atomic E-state index is 8.90. The normalized spacial score (nSPS) is 13.1. The van der Waals surface area contributed by atoms with Crippen LogP contribution in [-0.2, 0) is 6.54 Å². The molecule has 1 heterocycles. The first-order chi connectivity index (χ1) is 7.79. The van der Waals surface area contributed by atoms with E-state index in [1.54, 1.807) is 0 Å². The molecule has 3 heteroatoms. The average molecular weight is 218 g/mol. The molecule has 0 fully saturated rings. The van der Waals surface area contributed by atoms with Crippen molar-refractivity contribution in [2.75, 3.05) is 13.2 Å². The molecular weight excluding hydrogens is 200 g/mol. The topological polar surface area (TPSA) is 48.0 Å². The number of H-pyrrole nitrogens is 1. The van der Waals surface area contributed by atoms with Crippen molar-refractivity contribution in [2.45, 2.75) is 13.5 Å². The third-order valence-electron chi connectivity index (χ3n) is 2.75. The Bertz CT molecular complexity index is 450. The first-order valence-electron chi connectivity index (χ1n) is 5.67. The molecule has 86 valence electrons. The van der Waals surface area contributed by atoms with Gasteiger partial charge in [0.25, 0.3) is 0 Å². The second-order valence-corrected chi connectivity index (χ2v) is 4.32. The molecule has 0 aliphatic carbocycles. The van der Waals surface area contributed by atoms with E-state index < -0.39 is 0 Å². The zero-order valence-corrected chi connectivity index (χ0v) is 9.53. The average Bonchev–Trinajstić information content (AvgIpc) is 2.76. The molecule has 0 saturated heterocycles. The Labute approximate surface area is 95.5 Å². The molecule has 2 aromatic rings. The predicted octanol–water partition coefficient (Wildman–Crippen LogP) is 1.89. The van der Waals surface area contributed by atoms with Gasteiger partial charge in [-0.05, 0) is 29.0 Å². The lowest BCUT2D eigenvalue weighted by Crippen LogP contribution is -2.22. The van der Waals surface area contributed by atoms with Gasteiger partial charge in [-0.2, -0.15) is 0 Å². The predicted molar refractivity (Wildman–Crippen MR) is 66.3 cm³/mol. The second kappa shape index (κ2) is 5.14. The van der Waals surface area contributed by atoms with Crippen LogP contribution in [0.3, 0.4) is 0 Å². The molecule has 1 aromatic heterocycles. The standard InChI is InChI=1S/C13H18N2O/c1-10(9-16)7-14-8-11-2-3-12-4-5-15-13(12)6-11/h2-6,10,14-16H,7-9H2,1H3. The number of hydrogen-bond acceptors (Lipinski definition) is 2. The van der Waals surface area contributed by atoms with Crippen LogP contribution in [0.1, 0.15) is 12.5 Å². The number of aromatic amines is 1. The molecule has 0 aliphatic heterocycles. The fourth-order valence-corrected chi connectivity index (χ4v) is 1.73. The summed E-state index contributed by atoms with van der Waals surface area (Å²) in [5, 5.41) is 13.5. The highest BCUT2D eigenvalue weighted by Gasteiger charge is 2.00. The Kier molecular flexibility index (Phi) is 3.59. The van der Waals surface area contributed by atoms with Crippen molar-refractivity contribution >= 4 is 10.9 Å². The molecular formula is C13H18N2O. The molecule has 0 saturated carbocycles. The van der Waals surface area contributed by atoms with E-state index in [-0.39, 0.29) is 6.61 Å². The molecule has 1 aromatic carbocycles. The summed E-state index contributed by atoms with van der Waals surface area (Å²) in [6, 6.07) is 8.48. The van der Waals surface area contributed by atoms with Gasteiger partial charge >= 0.3 is 0 Å². The van der Waals surface area contributed by atoms with E-state index >= 15 is 0 Å². The van der Waals surface area contributed by atoms with Gasteiger partial charge in [0.1, 0.15) is 0 Å². The Morgan fingerprint density at radius 2 is 2.25 bits per heavy atom. The summed E-state index contributed by atoms with van der Waals surface area (Å²) in [6.07, 6.45) is 1.95.